The second-order valence-corrected chi connectivity index (χ2v) is 5.07. The van der Waals surface area contributed by atoms with Gasteiger partial charge in [-0.1, -0.05) is 23.7 Å². The van der Waals surface area contributed by atoms with Crippen molar-refractivity contribution >= 4 is 23.5 Å². The summed E-state index contributed by atoms with van der Waals surface area (Å²) < 4.78 is 0. The molecule has 1 aromatic carbocycles. The van der Waals surface area contributed by atoms with E-state index in [1.165, 1.54) is 0 Å². The van der Waals surface area contributed by atoms with E-state index in [4.69, 9.17) is 16.7 Å². The first kappa shape index (κ1) is 16.5. The minimum atomic E-state index is -0.814. The van der Waals surface area contributed by atoms with Crippen LogP contribution < -0.4 is 5.32 Å². The predicted octanol–water partition coefficient (Wildman–Crippen LogP) is 1.75. The molecule has 0 aliphatic carbocycles. The highest BCUT2D eigenvalue weighted by Crippen LogP contribution is 2.09. The Morgan fingerprint density at radius 1 is 1.30 bits per heavy atom. The molecule has 5 nitrogen and oxygen atoms in total. The van der Waals surface area contributed by atoms with Gasteiger partial charge in [0, 0.05) is 18.0 Å². The van der Waals surface area contributed by atoms with Crippen LogP contribution in [0.1, 0.15) is 18.4 Å². The number of nitrogens with one attached hydrogen (secondary N) is 1. The lowest BCUT2D eigenvalue weighted by Crippen LogP contribution is -2.35. The maximum absolute atomic E-state index is 11.7. The second kappa shape index (κ2) is 8.55. The first-order valence-corrected chi connectivity index (χ1v) is 6.76. The predicted molar refractivity (Wildman–Crippen MR) is 77.7 cm³/mol. The number of likely N-dealkylation sites (N-methyl/N-ethyl adjacent to an activating group) is 1. The maximum atomic E-state index is 11.7. The zero-order valence-electron chi connectivity index (χ0n) is 11.4. The molecule has 0 heterocycles. The molecule has 0 fully saturated rings. The third-order valence-electron chi connectivity index (χ3n) is 2.75. The average Bonchev–Trinajstić information content (AvgIpc) is 2.37. The number of aliphatic carboxylic acids is 1. The van der Waals surface area contributed by atoms with Gasteiger partial charge in [0.2, 0.25) is 5.91 Å². The molecule has 110 valence electrons. The van der Waals surface area contributed by atoms with Gasteiger partial charge in [-0.3, -0.25) is 14.5 Å². The van der Waals surface area contributed by atoms with Crippen LogP contribution in [-0.4, -0.2) is 42.0 Å². The van der Waals surface area contributed by atoms with Gasteiger partial charge in [0.25, 0.3) is 0 Å². The molecular formula is C14H19ClN2O3. The highest BCUT2D eigenvalue weighted by Gasteiger charge is 2.07. The molecule has 0 spiro atoms. The molecule has 0 saturated heterocycles. The molecule has 6 heteroatoms. The van der Waals surface area contributed by atoms with Gasteiger partial charge in [-0.25, -0.2) is 0 Å². The molecule has 0 saturated carbocycles. The van der Waals surface area contributed by atoms with E-state index in [1.54, 1.807) is 24.1 Å². The molecule has 1 rings (SSSR count). The van der Waals surface area contributed by atoms with Crippen LogP contribution in [-0.2, 0) is 16.1 Å². The smallest absolute Gasteiger partial charge is 0.303 e. The van der Waals surface area contributed by atoms with Crippen LogP contribution >= 0.6 is 11.6 Å². The fourth-order valence-corrected chi connectivity index (χ4v) is 1.81. The fourth-order valence-electron chi connectivity index (χ4n) is 1.68. The van der Waals surface area contributed by atoms with Gasteiger partial charge in [-0.15, -0.1) is 0 Å². The first-order valence-electron chi connectivity index (χ1n) is 6.39. The molecule has 1 amide bonds. The molecule has 0 radical (unpaired) electrons. The summed E-state index contributed by atoms with van der Waals surface area (Å²) in [6.07, 6.45) is 0.660. The number of carboxylic acids is 1. The van der Waals surface area contributed by atoms with Crippen LogP contribution in [0.15, 0.2) is 24.3 Å². The van der Waals surface area contributed by atoms with Crippen LogP contribution in [0.3, 0.4) is 0 Å². The molecule has 0 aromatic heterocycles. The van der Waals surface area contributed by atoms with Crippen molar-refractivity contribution in [3.8, 4) is 0 Å². The summed E-state index contributed by atoms with van der Waals surface area (Å²) in [6.45, 7) is 1.30. The van der Waals surface area contributed by atoms with Crippen LogP contribution in [0.2, 0.25) is 5.02 Å². The van der Waals surface area contributed by atoms with Crippen LogP contribution in [0.25, 0.3) is 0 Å². The average molecular weight is 299 g/mol. The standard InChI is InChI=1S/C14H19ClN2O3/c1-17(8-2-3-14(19)20)10-13(18)16-9-11-4-6-12(15)7-5-11/h4-7H,2-3,8-10H2,1H3,(H,16,18)(H,19,20). The van der Waals surface area contributed by atoms with Gasteiger partial charge < -0.3 is 10.4 Å². The number of carbonyl (C=O) groups excluding carboxylic acids is 1. The SMILES string of the molecule is CN(CCCC(=O)O)CC(=O)NCc1ccc(Cl)cc1. The van der Waals surface area contributed by atoms with Crippen molar-refractivity contribution in [1.82, 2.24) is 10.2 Å². The summed E-state index contributed by atoms with van der Waals surface area (Å²) in [5, 5.41) is 12.0. The largest absolute Gasteiger partial charge is 0.481 e. The van der Waals surface area contributed by atoms with E-state index >= 15 is 0 Å². The monoisotopic (exact) mass is 298 g/mol. The maximum Gasteiger partial charge on any atom is 0.303 e. The van der Waals surface area contributed by atoms with Gasteiger partial charge >= 0.3 is 5.97 Å². The number of carboxylic acid groups (broad SMARTS) is 1. The Balaban J connectivity index is 2.22. The van der Waals surface area contributed by atoms with Crippen LogP contribution in [0, 0.1) is 0 Å². The van der Waals surface area contributed by atoms with E-state index in [0.717, 1.165) is 5.56 Å². The Hall–Kier alpha value is -1.59. The normalized spacial score (nSPS) is 10.6. The number of hydrogen-bond acceptors (Lipinski definition) is 3. The highest BCUT2D eigenvalue weighted by molar-refractivity contribution is 6.30. The van der Waals surface area contributed by atoms with Crippen molar-refractivity contribution in [2.75, 3.05) is 20.1 Å². The minimum Gasteiger partial charge on any atom is -0.481 e. The molecule has 0 aliphatic heterocycles. The van der Waals surface area contributed by atoms with E-state index in [0.29, 0.717) is 24.5 Å². The van der Waals surface area contributed by atoms with Crippen LogP contribution in [0.4, 0.5) is 0 Å². The van der Waals surface area contributed by atoms with Crippen molar-refractivity contribution in [3.63, 3.8) is 0 Å². The van der Waals surface area contributed by atoms with Gasteiger partial charge in [-0.05, 0) is 37.7 Å². The zero-order chi connectivity index (χ0) is 15.0. The Labute approximate surface area is 123 Å². The van der Waals surface area contributed by atoms with E-state index in [-0.39, 0.29) is 18.9 Å². The Bertz CT molecular complexity index is 448. The number of amides is 1. The van der Waals surface area contributed by atoms with E-state index in [1.807, 2.05) is 12.1 Å². The number of nitrogens with zero attached hydrogens (tertiary/aromatic N) is 1. The van der Waals surface area contributed by atoms with Crippen molar-refractivity contribution < 1.29 is 14.7 Å². The molecule has 20 heavy (non-hydrogen) atoms. The van der Waals surface area contributed by atoms with E-state index < -0.39 is 5.97 Å². The lowest BCUT2D eigenvalue weighted by molar-refractivity contribution is -0.137. The lowest BCUT2D eigenvalue weighted by Gasteiger charge is -2.15. The quantitative estimate of drug-likeness (QED) is 0.767. The van der Waals surface area contributed by atoms with Gasteiger partial charge in [0.15, 0.2) is 0 Å². The van der Waals surface area contributed by atoms with E-state index in [9.17, 15) is 9.59 Å². The summed E-state index contributed by atoms with van der Waals surface area (Å²) in [6, 6.07) is 7.28. The van der Waals surface area contributed by atoms with Gasteiger partial charge in [0.05, 0.1) is 6.54 Å². The topological polar surface area (TPSA) is 69.6 Å². The Morgan fingerprint density at radius 2 is 1.95 bits per heavy atom. The molecular weight excluding hydrogens is 280 g/mol. The summed E-state index contributed by atoms with van der Waals surface area (Å²) in [5.74, 6) is -0.900. The fraction of sp³-hybridized carbons (Fsp3) is 0.429. The summed E-state index contributed by atoms with van der Waals surface area (Å²) in [7, 11) is 1.80. The van der Waals surface area contributed by atoms with Gasteiger partial charge in [-0.2, -0.15) is 0 Å². The van der Waals surface area contributed by atoms with Crippen LogP contribution in [0.5, 0.6) is 0 Å². The molecule has 0 aliphatic rings. The van der Waals surface area contributed by atoms with Crippen molar-refractivity contribution in [2.45, 2.75) is 19.4 Å². The lowest BCUT2D eigenvalue weighted by atomic mass is 10.2. The Kier molecular flexibility index (Phi) is 7.04. The first-order chi connectivity index (χ1) is 9.47. The molecule has 1 aromatic rings. The number of halogens is 1. The second-order valence-electron chi connectivity index (χ2n) is 4.64. The van der Waals surface area contributed by atoms with Crippen molar-refractivity contribution in [1.29, 1.82) is 0 Å². The number of hydrogen-bond donors (Lipinski definition) is 2. The minimum absolute atomic E-state index is 0.0854. The Morgan fingerprint density at radius 3 is 2.55 bits per heavy atom. The van der Waals surface area contributed by atoms with Crippen molar-refractivity contribution in [2.24, 2.45) is 0 Å². The molecule has 2 N–H and O–H groups in total. The van der Waals surface area contributed by atoms with E-state index in [2.05, 4.69) is 5.32 Å². The molecule has 0 bridgehead atoms. The summed E-state index contributed by atoms with van der Waals surface area (Å²) in [4.78, 5) is 23.9. The summed E-state index contributed by atoms with van der Waals surface area (Å²) in [5.41, 5.74) is 0.983. The highest BCUT2D eigenvalue weighted by atomic mass is 35.5. The number of carbonyl (C=O) groups is 2. The molecule has 0 atom stereocenters. The number of rotatable bonds is 8. The summed E-state index contributed by atoms with van der Waals surface area (Å²) >= 11 is 5.78. The third kappa shape index (κ3) is 7.11. The van der Waals surface area contributed by atoms with Gasteiger partial charge in [0.1, 0.15) is 0 Å². The molecule has 0 unspecified atom stereocenters. The third-order valence-corrected chi connectivity index (χ3v) is 3.00. The van der Waals surface area contributed by atoms with Crippen molar-refractivity contribution in [3.05, 3.63) is 34.9 Å². The number of benzene rings is 1. The zero-order valence-corrected chi connectivity index (χ0v) is 12.2.